The SMILES string of the molecule is Nc1nonc1C(=O)N/N=C/c1ccc(-c2ccc(Cl)cc2Cl)o1. The maximum atomic E-state index is 11.7. The van der Waals surface area contributed by atoms with Crippen molar-refractivity contribution in [1.29, 1.82) is 0 Å². The van der Waals surface area contributed by atoms with Crippen LogP contribution in [0.5, 0.6) is 0 Å². The van der Waals surface area contributed by atoms with Gasteiger partial charge in [-0.2, -0.15) is 5.10 Å². The average molecular weight is 366 g/mol. The Balaban J connectivity index is 1.70. The van der Waals surface area contributed by atoms with Crippen LogP contribution in [0, 0.1) is 0 Å². The molecule has 24 heavy (non-hydrogen) atoms. The molecule has 10 heteroatoms. The number of rotatable bonds is 4. The topological polar surface area (TPSA) is 120 Å². The van der Waals surface area contributed by atoms with E-state index in [1.807, 2.05) is 0 Å². The Kier molecular flexibility index (Phi) is 4.50. The van der Waals surface area contributed by atoms with E-state index in [0.29, 0.717) is 27.1 Å². The van der Waals surface area contributed by atoms with E-state index in [9.17, 15) is 4.79 Å². The van der Waals surface area contributed by atoms with Gasteiger partial charge in [-0.1, -0.05) is 23.2 Å². The Hall–Kier alpha value is -2.84. The molecule has 2 heterocycles. The minimum absolute atomic E-state index is 0.125. The number of nitrogens with two attached hydrogens (primary N) is 1. The number of nitrogen functional groups attached to an aromatic ring is 1. The van der Waals surface area contributed by atoms with Crippen molar-refractivity contribution >= 4 is 41.1 Å². The largest absolute Gasteiger partial charge is 0.455 e. The van der Waals surface area contributed by atoms with Crippen LogP contribution in [0.25, 0.3) is 11.3 Å². The Morgan fingerprint density at radius 3 is 2.79 bits per heavy atom. The molecular weight excluding hydrogens is 357 g/mol. The molecule has 3 rings (SSSR count). The quantitative estimate of drug-likeness (QED) is 0.541. The lowest BCUT2D eigenvalue weighted by Gasteiger charge is -2.00. The fraction of sp³-hybridized carbons (Fsp3) is 0. The molecule has 0 saturated heterocycles. The van der Waals surface area contributed by atoms with Gasteiger partial charge in [0.05, 0.1) is 11.2 Å². The first-order valence-electron chi connectivity index (χ1n) is 6.51. The lowest BCUT2D eigenvalue weighted by molar-refractivity contribution is 0.0946. The lowest BCUT2D eigenvalue weighted by atomic mass is 10.2. The van der Waals surface area contributed by atoms with Gasteiger partial charge in [-0.15, -0.1) is 0 Å². The van der Waals surface area contributed by atoms with E-state index in [-0.39, 0.29) is 11.5 Å². The van der Waals surface area contributed by atoms with Gasteiger partial charge in [0.15, 0.2) is 0 Å². The third kappa shape index (κ3) is 3.39. The molecule has 3 aromatic rings. The summed E-state index contributed by atoms with van der Waals surface area (Å²) in [6.07, 6.45) is 1.31. The van der Waals surface area contributed by atoms with Crippen LogP contribution in [0.4, 0.5) is 5.82 Å². The highest BCUT2D eigenvalue weighted by molar-refractivity contribution is 6.36. The highest BCUT2D eigenvalue weighted by Gasteiger charge is 2.15. The van der Waals surface area contributed by atoms with Crippen LogP contribution in [0.2, 0.25) is 10.0 Å². The molecule has 0 bridgehead atoms. The third-order valence-electron chi connectivity index (χ3n) is 2.91. The number of nitrogens with one attached hydrogen (secondary N) is 1. The molecular formula is C14H9Cl2N5O3. The van der Waals surface area contributed by atoms with Crippen molar-refractivity contribution in [3.8, 4) is 11.3 Å². The summed E-state index contributed by atoms with van der Waals surface area (Å²) in [4.78, 5) is 11.7. The van der Waals surface area contributed by atoms with Gasteiger partial charge in [-0.3, -0.25) is 4.79 Å². The molecule has 2 aromatic heterocycles. The molecule has 1 amide bonds. The third-order valence-corrected chi connectivity index (χ3v) is 3.46. The molecule has 0 atom stereocenters. The summed E-state index contributed by atoms with van der Waals surface area (Å²) >= 11 is 12.0. The van der Waals surface area contributed by atoms with E-state index in [1.54, 1.807) is 30.3 Å². The van der Waals surface area contributed by atoms with Crippen molar-refractivity contribution in [3.63, 3.8) is 0 Å². The average Bonchev–Trinajstić information content (AvgIpc) is 3.16. The Morgan fingerprint density at radius 1 is 1.25 bits per heavy atom. The summed E-state index contributed by atoms with van der Waals surface area (Å²) in [6.45, 7) is 0. The van der Waals surface area contributed by atoms with E-state index in [4.69, 9.17) is 33.4 Å². The second-order valence-corrected chi connectivity index (χ2v) is 5.37. The van der Waals surface area contributed by atoms with Crippen LogP contribution in [-0.4, -0.2) is 22.4 Å². The molecule has 122 valence electrons. The molecule has 3 N–H and O–H groups in total. The number of hydrogen-bond acceptors (Lipinski definition) is 7. The van der Waals surface area contributed by atoms with Crippen molar-refractivity contribution < 1.29 is 13.8 Å². The number of benzene rings is 1. The van der Waals surface area contributed by atoms with Crippen LogP contribution in [0.15, 0.2) is 44.5 Å². The van der Waals surface area contributed by atoms with E-state index in [0.717, 1.165) is 0 Å². The van der Waals surface area contributed by atoms with E-state index in [1.165, 1.54) is 6.21 Å². The summed E-state index contributed by atoms with van der Waals surface area (Å²) < 4.78 is 9.91. The minimum Gasteiger partial charge on any atom is -0.455 e. The number of aromatic nitrogens is 2. The molecule has 1 aromatic carbocycles. The Bertz CT molecular complexity index is 919. The first kappa shape index (κ1) is 16.0. The Morgan fingerprint density at radius 2 is 2.08 bits per heavy atom. The molecule has 0 aliphatic heterocycles. The van der Waals surface area contributed by atoms with Gasteiger partial charge in [-0.25, -0.2) is 10.1 Å². The minimum atomic E-state index is -0.655. The van der Waals surface area contributed by atoms with E-state index < -0.39 is 5.91 Å². The lowest BCUT2D eigenvalue weighted by Crippen LogP contribution is -2.19. The number of carbonyl (C=O) groups is 1. The molecule has 0 spiro atoms. The van der Waals surface area contributed by atoms with Crippen LogP contribution in [0.3, 0.4) is 0 Å². The summed E-state index contributed by atoms with van der Waals surface area (Å²) in [5.74, 6) is 0.162. The highest BCUT2D eigenvalue weighted by atomic mass is 35.5. The number of amides is 1. The number of anilines is 1. The molecule has 0 radical (unpaired) electrons. The van der Waals surface area contributed by atoms with Gasteiger partial charge < -0.3 is 10.2 Å². The number of halogens is 2. The summed E-state index contributed by atoms with van der Waals surface area (Å²) in [5.41, 5.74) is 8.16. The summed E-state index contributed by atoms with van der Waals surface area (Å²) in [5, 5.41) is 11.4. The molecule has 0 fully saturated rings. The maximum Gasteiger partial charge on any atom is 0.297 e. The monoisotopic (exact) mass is 365 g/mol. The standard InChI is InChI=1S/C14H9Cl2N5O3/c15-7-1-3-9(10(16)5-7)11-4-2-8(23-11)6-18-19-14(22)12-13(17)21-24-20-12/h1-6H,(H2,17,21)(H,19,22)/b18-6+. The Labute approximate surface area is 145 Å². The van der Waals surface area contributed by atoms with Gasteiger partial charge in [0.25, 0.3) is 5.91 Å². The number of furan rings is 1. The normalized spacial score (nSPS) is 11.1. The van der Waals surface area contributed by atoms with Crippen molar-refractivity contribution in [2.24, 2.45) is 5.10 Å². The fourth-order valence-electron chi connectivity index (χ4n) is 1.82. The van der Waals surface area contributed by atoms with Crippen LogP contribution < -0.4 is 11.2 Å². The van der Waals surface area contributed by atoms with Gasteiger partial charge in [0.1, 0.15) is 11.5 Å². The van der Waals surface area contributed by atoms with E-state index >= 15 is 0 Å². The van der Waals surface area contributed by atoms with E-state index in [2.05, 4.69) is 25.5 Å². The highest BCUT2D eigenvalue weighted by Crippen LogP contribution is 2.31. The van der Waals surface area contributed by atoms with Crippen LogP contribution in [0.1, 0.15) is 16.2 Å². The molecule has 0 aliphatic carbocycles. The maximum absolute atomic E-state index is 11.7. The van der Waals surface area contributed by atoms with Gasteiger partial charge in [0.2, 0.25) is 11.5 Å². The molecule has 0 saturated carbocycles. The second-order valence-electron chi connectivity index (χ2n) is 4.52. The fourth-order valence-corrected chi connectivity index (χ4v) is 2.32. The predicted octanol–water partition coefficient (Wildman–Crippen LogP) is 2.98. The number of carbonyl (C=O) groups excluding carboxylic acids is 1. The van der Waals surface area contributed by atoms with Crippen molar-refractivity contribution in [3.05, 3.63) is 51.8 Å². The smallest absolute Gasteiger partial charge is 0.297 e. The summed E-state index contributed by atoms with van der Waals surface area (Å²) in [6, 6.07) is 8.45. The van der Waals surface area contributed by atoms with Crippen molar-refractivity contribution in [2.75, 3.05) is 5.73 Å². The predicted molar refractivity (Wildman–Crippen MR) is 87.9 cm³/mol. The molecule has 0 aliphatic rings. The van der Waals surface area contributed by atoms with Gasteiger partial charge in [0, 0.05) is 10.6 Å². The number of hydrogen-bond donors (Lipinski definition) is 2. The first-order chi connectivity index (χ1) is 11.5. The zero-order chi connectivity index (χ0) is 17.1. The zero-order valence-corrected chi connectivity index (χ0v) is 13.4. The van der Waals surface area contributed by atoms with Gasteiger partial charge in [-0.05, 0) is 40.6 Å². The molecule has 0 unspecified atom stereocenters. The second kappa shape index (κ2) is 6.73. The molecule has 8 nitrogen and oxygen atoms in total. The summed E-state index contributed by atoms with van der Waals surface area (Å²) in [7, 11) is 0. The van der Waals surface area contributed by atoms with Crippen LogP contribution in [-0.2, 0) is 0 Å². The zero-order valence-electron chi connectivity index (χ0n) is 11.9. The van der Waals surface area contributed by atoms with Crippen LogP contribution >= 0.6 is 23.2 Å². The number of hydrazone groups is 1. The van der Waals surface area contributed by atoms with Crippen molar-refractivity contribution in [1.82, 2.24) is 15.7 Å². The van der Waals surface area contributed by atoms with Gasteiger partial charge >= 0.3 is 0 Å². The number of nitrogens with zero attached hydrogens (tertiary/aromatic N) is 3. The first-order valence-corrected chi connectivity index (χ1v) is 7.27. The van der Waals surface area contributed by atoms with Crippen molar-refractivity contribution in [2.45, 2.75) is 0 Å².